The van der Waals surface area contributed by atoms with Crippen LogP contribution >= 0.6 is 11.6 Å². The number of benzene rings is 1. The van der Waals surface area contributed by atoms with Crippen LogP contribution in [0.5, 0.6) is 0 Å². The lowest BCUT2D eigenvalue weighted by Gasteiger charge is -2.15. The normalized spacial score (nSPS) is 11.7. The van der Waals surface area contributed by atoms with E-state index in [0.29, 0.717) is 5.02 Å². The van der Waals surface area contributed by atoms with Crippen molar-refractivity contribution < 1.29 is 14.7 Å². The Morgan fingerprint density at radius 1 is 1.44 bits per heavy atom. The number of carboxylic acid groups (broad SMARTS) is 1. The van der Waals surface area contributed by atoms with Gasteiger partial charge in [-0.15, -0.1) is 0 Å². The van der Waals surface area contributed by atoms with E-state index in [-0.39, 0.29) is 0 Å². The maximum atomic E-state index is 10.7. The van der Waals surface area contributed by atoms with Crippen molar-refractivity contribution in [2.24, 2.45) is 5.16 Å². The molecule has 1 aromatic rings. The Balaban J connectivity index is 2.62. The van der Waals surface area contributed by atoms with Gasteiger partial charge in [0.15, 0.2) is 0 Å². The number of halogens is 1. The molecule has 0 aliphatic carbocycles. The molecule has 86 valence electrons. The van der Waals surface area contributed by atoms with Gasteiger partial charge in [0.1, 0.15) is 0 Å². The van der Waals surface area contributed by atoms with Crippen LogP contribution in [0.25, 0.3) is 0 Å². The second-order valence-electron chi connectivity index (χ2n) is 3.69. The molecule has 1 aromatic carbocycles. The molecule has 0 saturated carbocycles. The van der Waals surface area contributed by atoms with Crippen molar-refractivity contribution in [3.8, 4) is 0 Å². The quantitative estimate of drug-likeness (QED) is 0.651. The standard InChI is InChI=1S/C11H12ClNO3/c1-11(2,10(14)15)16-13-7-8-3-5-9(12)6-4-8/h3-7H,1-2H3,(H,14,15)/b13-7+. The van der Waals surface area contributed by atoms with Gasteiger partial charge in [-0.05, 0) is 31.5 Å². The molecule has 0 unspecified atom stereocenters. The number of oxime groups is 1. The van der Waals surface area contributed by atoms with Crippen LogP contribution in [0, 0.1) is 0 Å². The van der Waals surface area contributed by atoms with Gasteiger partial charge in [-0.1, -0.05) is 28.9 Å². The lowest BCUT2D eigenvalue weighted by molar-refractivity contribution is -0.161. The van der Waals surface area contributed by atoms with Crippen molar-refractivity contribution >= 4 is 23.8 Å². The van der Waals surface area contributed by atoms with Gasteiger partial charge in [-0.25, -0.2) is 4.79 Å². The molecular weight excluding hydrogens is 230 g/mol. The molecule has 0 bridgehead atoms. The third kappa shape index (κ3) is 3.55. The number of carboxylic acids is 1. The van der Waals surface area contributed by atoms with Crippen LogP contribution in [-0.4, -0.2) is 22.9 Å². The summed E-state index contributed by atoms with van der Waals surface area (Å²) >= 11 is 5.71. The molecule has 0 radical (unpaired) electrons. The van der Waals surface area contributed by atoms with E-state index in [1.807, 2.05) is 0 Å². The Morgan fingerprint density at radius 3 is 2.50 bits per heavy atom. The van der Waals surface area contributed by atoms with Crippen LogP contribution in [0.2, 0.25) is 5.02 Å². The number of nitrogens with zero attached hydrogens (tertiary/aromatic N) is 1. The number of aliphatic carboxylic acids is 1. The fraction of sp³-hybridized carbons (Fsp3) is 0.273. The van der Waals surface area contributed by atoms with E-state index in [1.54, 1.807) is 24.3 Å². The molecule has 0 amide bonds. The largest absolute Gasteiger partial charge is 0.478 e. The highest BCUT2D eigenvalue weighted by atomic mass is 35.5. The van der Waals surface area contributed by atoms with Gasteiger partial charge >= 0.3 is 5.97 Å². The minimum Gasteiger partial charge on any atom is -0.478 e. The molecule has 0 fully saturated rings. The van der Waals surface area contributed by atoms with Crippen molar-refractivity contribution in [3.63, 3.8) is 0 Å². The van der Waals surface area contributed by atoms with E-state index in [4.69, 9.17) is 21.5 Å². The van der Waals surface area contributed by atoms with Crippen LogP contribution in [0.1, 0.15) is 19.4 Å². The molecule has 1 rings (SSSR count). The molecule has 0 atom stereocenters. The summed E-state index contributed by atoms with van der Waals surface area (Å²) in [6.07, 6.45) is 1.43. The first-order valence-electron chi connectivity index (χ1n) is 4.62. The third-order valence-corrected chi connectivity index (χ3v) is 2.12. The number of rotatable bonds is 4. The average molecular weight is 242 g/mol. The van der Waals surface area contributed by atoms with Gasteiger partial charge in [0.2, 0.25) is 5.60 Å². The minimum atomic E-state index is -1.33. The monoisotopic (exact) mass is 241 g/mol. The highest BCUT2D eigenvalue weighted by Gasteiger charge is 2.29. The van der Waals surface area contributed by atoms with Crippen molar-refractivity contribution in [1.82, 2.24) is 0 Å². The topological polar surface area (TPSA) is 58.9 Å². The zero-order valence-electron chi connectivity index (χ0n) is 8.98. The van der Waals surface area contributed by atoms with Crippen molar-refractivity contribution in [2.75, 3.05) is 0 Å². The van der Waals surface area contributed by atoms with Gasteiger partial charge in [0.05, 0.1) is 6.21 Å². The van der Waals surface area contributed by atoms with Gasteiger partial charge in [-0.2, -0.15) is 0 Å². The second kappa shape index (κ2) is 4.99. The predicted octanol–water partition coefficient (Wildman–Crippen LogP) is 2.55. The highest BCUT2D eigenvalue weighted by molar-refractivity contribution is 6.30. The number of carbonyl (C=O) groups is 1. The Labute approximate surface area is 98.5 Å². The molecule has 0 saturated heterocycles. The van der Waals surface area contributed by atoms with Crippen molar-refractivity contribution in [2.45, 2.75) is 19.4 Å². The maximum Gasteiger partial charge on any atom is 0.350 e. The summed E-state index contributed by atoms with van der Waals surface area (Å²) in [7, 11) is 0. The second-order valence-corrected chi connectivity index (χ2v) is 4.13. The van der Waals surface area contributed by atoms with E-state index >= 15 is 0 Å². The number of hydrogen-bond donors (Lipinski definition) is 1. The molecule has 1 N–H and O–H groups in total. The lowest BCUT2D eigenvalue weighted by Crippen LogP contribution is -2.32. The van der Waals surface area contributed by atoms with E-state index in [2.05, 4.69) is 5.16 Å². The fourth-order valence-electron chi connectivity index (χ4n) is 0.807. The predicted molar refractivity (Wildman–Crippen MR) is 61.8 cm³/mol. The van der Waals surface area contributed by atoms with E-state index in [1.165, 1.54) is 20.1 Å². The van der Waals surface area contributed by atoms with Crippen LogP contribution in [0.15, 0.2) is 29.4 Å². The zero-order valence-corrected chi connectivity index (χ0v) is 9.73. The molecule has 16 heavy (non-hydrogen) atoms. The first-order chi connectivity index (χ1) is 7.42. The molecule has 0 spiro atoms. The van der Waals surface area contributed by atoms with Crippen LogP contribution in [-0.2, 0) is 9.63 Å². The molecule has 0 aliphatic heterocycles. The Hall–Kier alpha value is -1.55. The van der Waals surface area contributed by atoms with Crippen LogP contribution < -0.4 is 0 Å². The Kier molecular flexibility index (Phi) is 3.90. The molecule has 0 aliphatic rings. The van der Waals surface area contributed by atoms with E-state index in [9.17, 15) is 4.79 Å². The highest BCUT2D eigenvalue weighted by Crippen LogP contribution is 2.10. The molecule has 0 aromatic heterocycles. The molecule has 4 nitrogen and oxygen atoms in total. The van der Waals surface area contributed by atoms with E-state index < -0.39 is 11.6 Å². The SMILES string of the molecule is CC(C)(O/N=C/c1ccc(Cl)cc1)C(=O)O. The molecule has 5 heteroatoms. The summed E-state index contributed by atoms with van der Waals surface area (Å²) in [5, 5.41) is 13.0. The summed E-state index contributed by atoms with van der Waals surface area (Å²) in [5.74, 6) is -1.07. The van der Waals surface area contributed by atoms with E-state index in [0.717, 1.165) is 5.56 Å². The van der Waals surface area contributed by atoms with Crippen molar-refractivity contribution in [1.29, 1.82) is 0 Å². The lowest BCUT2D eigenvalue weighted by atomic mass is 10.1. The van der Waals surface area contributed by atoms with Crippen LogP contribution in [0.3, 0.4) is 0 Å². The van der Waals surface area contributed by atoms with Gasteiger partial charge in [-0.3, -0.25) is 0 Å². The molecule has 0 heterocycles. The maximum absolute atomic E-state index is 10.7. The van der Waals surface area contributed by atoms with Gasteiger partial charge in [0, 0.05) is 5.02 Å². The first-order valence-corrected chi connectivity index (χ1v) is 5.00. The zero-order chi connectivity index (χ0) is 12.2. The third-order valence-electron chi connectivity index (χ3n) is 1.87. The van der Waals surface area contributed by atoms with Gasteiger partial charge < -0.3 is 9.94 Å². The first kappa shape index (κ1) is 12.5. The summed E-state index contributed by atoms with van der Waals surface area (Å²) < 4.78 is 0. The minimum absolute atomic E-state index is 0.629. The molecular formula is C11H12ClNO3. The summed E-state index contributed by atoms with van der Waals surface area (Å²) in [4.78, 5) is 15.6. The average Bonchev–Trinajstić information content (AvgIpc) is 2.20. The van der Waals surface area contributed by atoms with Crippen LogP contribution in [0.4, 0.5) is 0 Å². The summed E-state index contributed by atoms with van der Waals surface area (Å²) in [6.45, 7) is 2.85. The number of hydrogen-bond acceptors (Lipinski definition) is 3. The van der Waals surface area contributed by atoms with Crippen molar-refractivity contribution in [3.05, 3.63) is 34.9 Å². The summed E-state index contributed by atoms with van der Waals surface area (Å²) in [6, 6.07) is 6.93. The Morgan fingerprint density at radius 2 is 2.00 bits per heavy atom. The smallest absolute Gasteiger partial charge is 0.350 e. The van der Waals surface area contributed by atoms with Gasteiger partial charge in [0.25, 0.3) is 0 Å². The Bertz CT molecular complexity index is 398. The fourth-order valence-corrected chi connectivity index (χ4v) is 0.933. The summed E-state index contributed by atoms with van der Waals surface area (Å²) in [5.41, 5.74) is -0.547.